The number of hydrogen-bond donors (Lipinski definition) is 1. The maximum absolute atomic E-state index is 4.54. The summed E-state index contributed by atoms with van der Waals surface area (Å²) in [5, 5.41) is 3.44. The van der Waals surface area contributed by atoms with Crippen molar-refractivity contribution in [3.05, 3.63) is 0 Å². The summed E-state index contributed by atoms with van der Waals surface area (Å²) in [6, 6.07) is 0.534. The molecule has 0 aromatic heterocycles. The first-order valence-electron chi connectivity index (χ1n) is 5.85. The molecule has 3 nitrogen and oxygen atoms in total. The molecular formula is C11H21N3. The number of rotatable bonds is 1. The SMILES string of the molecule is CCC1CCCN(C2=NCC(C)N2)C1. The van der Waals surface area contributed by atoms with Crippen LogP contribution >= 0.6 is 0 Å². The van der Waals surface area contributed by atoms with E-state index < -0.39 is 0 Å². The lowest BCUT2D eigenvalue weighted by Crippen LogP contribution is -2.46. The number of nitrogens with zero attached hydrogens (tertiary/aromatic N) is 2. The third-order valence-corrected chi connectivity index (χ3v) is 3.29. The first-order chi connectivity index (χ1) is 6.79. The number of nitrogens with one attached hydrogen (secondary N) is 1. The second kappa shape index (κ2) is 4.20. The van der Waals surface area contributed by atoms with Crippen molar-refractivity contribution >= 4 is 5.96 Å². The van der Waals surface area contributed by atoms with E-state index in [9.17, 15) is 0 Å². The predicted octanol–water partition coefficient (Wildman–Crippen LogP) is 1.46. The van der Waals surface area contributed by atoms with Crippen molar-refractivity contribution in [2.24, 2.45) is 10.9 Å². The zero-order valence-corrected chi connectivity index (χ0v) is 9.29. The zero-order valence-electron chi connectivity index (χ0n) is 9.29. The third kappa shape index (κ3) is 2.02. The standard InChI is InChI=1S/C11H21N3/c1-3-10-5-4-6-14(8-10)11-12-7-9(2)13-11/h9-10H,3-8H2,1-2H3,(H,12,13). The summed E-state index contributed by atoms with van der Waals surface area (Å²) in [7, 11) is 0. The van der Waals surface area contributed by atoms with Crippen LogP contribution in [0, 0.1) is 5.92 Å². The fraction of sp³-hybridized carbons (Fsp3) is 0.909. The normalized spacial score (nSPS) is 32.7. The van der Waals surface area contributed by atoms with Crippen LogP contribution in [0.5, 0.6) is 0 Å². The molecular weight excluding hydrogens is 174 g/mol. The van der Waals surface area contributed by atoms with Crippen LogP contribution in [0.4, 0.5) is 0 Å². The van der Waals surface area contributed by atoms with Crippen molar-refractivity contribution in [2.75, 3.05) is 19.6 Å². The van der Waals surface area contributed by atoms with Crippen molar-refractivity contribution in [1.82, 2.24) is 10.2 Å². The van der Waals surface area contributed by atoms with E-state index in [-0.39, 0.29) is 0 Å². The van der Waals surface area contributed by atoms with Gasteiger partial charge in [-0.1, -0.05) is 13.3 Å². The summed E-state index contributed by atoms with van der Waals surface area (Å²) in [5.41, 5.74) is 0. The Bertz CT molecular complexity index is 225. The van der Waals surface area contributed by atoms with Gasteiger partial charge in [-0.05, 0) is 25.7 Å². The molecule has 2 rings (SSSR count). The van der Waals surface area contributed by atoms with Gasteiger partial charge in [-0.15, -0.1) is 0 Å². The molecule has 14 heavy (non-hydrogen) atoms. The molecule has 0 spiro atoms. The van der Waals surface area contributed by atoms with Crippen LogP contribution in [-0.4, -0.2) is 36.5 Å². The van der Waals surface area contributed by atoms with Gasteiger partial charge in [0, 0.05) is 19.1 Å². The number of likely N-dealkylation sites (tertiary alicyclic amines) is 1. The molecule has 2 heterocycles. The fourth-order valence-electron chi connectivity index (χ4n) is 2.32. The van der Waals surface area contributed by atoms with Gasteiger partial charge in [0.05, 0.1) is 6.54 Å². The number of aliphatic imine (C=N–C) groups is 1. The van der Waals surface area contributed by atoms with E-state index in [1.807, 2.05) is 0 Å². The van der Waals surface area contributed by atoms with Crippen molar-refractivity contribution < 1.29 is 0 Å². The number of piperidine rings is 1. The predicted molar refractivity (Wildman–Crippen MR) is 59.5 cm³/mol. The van der Waals surface area contributed by atoms with Crippen molar-refractivity contribution in [3.63, 3.8) is 0 Å². The van der Waals surface area contributed by atoms with E-state index in [0.29, 0.717) is 6.04 Å². The maximum atomic E-state index is 4.54. The highest BCUT2D eigenvalue weighted by atomic mass is 15.3. The highest BCUT2D eigenvalue weighted by Crippen LogP contribution is 2.19. The van der Waals surface area contributed by atoms with E-state index >= 15 is 0 Å². The van der Waals surface area contributed by atoms with Crippen LogP contribution in [0.25, 0.3) is 0 Å². The average Bonchev–Trinajstić information content (AvgIpc) is 2.65. The van der Waals surface area contributed by atoms with Gasteiger partial charge in [-0.25, -0.2) is 0 Å². The lowest BCUT2D eigenvalue weighted by molar-refractivity contribution is 0.248. The molecule has 1 fully saturated rings. The van der Waals surface area contributed by atoms with E-state index in [0.717, 1.165) is 18.4 Å². The largest absolute Gasteiger partial charge is 0.352 e. The van der Waals surface area contributed by atoms with Gasteiger partial charge in [-0.2, -0.15) is 0 Å². The molecule has 0 amide bonds. The lowest BCUT2D eigenvalue weighted by atomic mass is 9.96. The minimum absolute atomic E-state index is 0.534. The molecule has 3 heteroatoms. The Balaban J connectivity index is 1.91. The summed E-state index contributed by atoms with van der Waals surface area (Å²) >= 11 is 0. The topological polar surface area (TPSA) is 27.6 Å². The molecule has 0 aromatic carbocycles. The maximum Gasteiger partial charge on any atom is 0.194 e. The molecule has 0 saturated carbocycles. The van der Waals surface area contributed by atoms with Gasteiger partial charge < -0.3 is 10.2 Å². The highest BCUT2D eigenvalue weighted by Gasteiger charge is 2.24. The Hall–Kier alpha value is -0.730. The Morgan fingerprint density at radius 1 is 1.57 bits per heavy atom. The van der Waals surface area contributed by atoms with Crippen LogP contribution in [0.2, 0.25) is 0 Å². The first kappa shape index (κ1) is 9.81. The molecule has 0 aromatic rings. The summed E-state index contributed by atoms with van der Waals surface area (Å²) < 4.78 is 0. The van der Waals surface area contributed by atoms with Gasteiger partial charge in [0.25, 0.3) is 0 Å². The second-order valence-corrected chi connectivity index (χ2v) is 4.57. The minimum atomic E-state index is 0.534. The van der Waals surface area contributed by atoms with Gasteiger partial charge >= 0.3 is 0 Å². The monoisotopic (exact) mass is 195 g/mol. The lowest BCUT2D eigenvalue weighted by Gasteiger charge is -2.33. The Morgan fingerprint density at radius 3 is 3.07 bits per heavy atom. The summed E-state index contributed by atoms with van der Waals surface area (Å²) in [6.07, 6.45) is 4.03. The van der Waals surface area contributed by atoms with Gasteiger partial charge in [0.1, 0.15) is 0 Å². The Labute approximate surface area is 86.6 Å². The Morgan fingerprint density at radius 2 is 2.43 bits per heavy atom. The summed E-state index contributed by atoms with van der Waals surface area (Å²) in [4.78, 5) is 6.97. The van der Waals surface area contributed by atoms with E-state index in [2.05, 4.69) is 29.1 Å². The van der Waals surface area contributed by atoms with Gasteiger partial charge in [0.2, 0.25) is 0 Å². The molecule has 2 unspecified atom stereocenters. The molecule has 1 N–H and O–H groups in total. The second-order valence-electron chi connectivity index (χ2n) is 4.57. The molecule has 0 radical (unpaired) electrons. The van der Waals surface area contributed by atoms with Gasteiger partial charge in [0.15, 0.2) is 5.96 Å². The fourth-order valence-corrected chi connectivity index (χ4v) is 2.32. The van der Waals surface area contributed by atoms with Crippen LogP contribution in [0.15, 0.2) is 4.99 Å². The van der Waals surface area contributed by atoms with Gasteiger partial charge in [-0.3, -0.25) is 4.99 Å². The van der Waals surface area contributed by atoms with Crippen molar-refractivity contribution in [2.45, 2.75) is 39.2 Å². The van der Waals surface area contributed by atoms with Crippen LogP contribution < -0.4 is 5.32 Å². The summed E-state index contributed by atoms with van der Waals surface area (Å²) in [5.74, 6) is 2.03. The van der Waals surface area contributed by atoms with Crippen LogP contribution in [0.1, 0.15) is 33.1 Å². The van der Waals surface area contributed by atoms with E-state index in [1.54, 1.807) is 0 Å². The Kier molecular flexibility index (Phi) is 2.94. The van der Waals surface area contributed by atoms with Crippen molar-refractivity contribution in [3.8, 4) is 0 Å². The summed E-state index contributed by atoms with van der Waals surface area (Å²) in [6.45, 7) is 7.82. The molecule has 2 aliphatic heterocycles. The first-order valence-corrected chi connectivity index (χ1v) is 5.85. The molecule has 2 aliphatic rings. The molecule has 0 bridgehead atoms. The average molecular weight is 195 g/mol. The molecule has 0 aliphatic carbocycles. The van der Waals surface area contributed by atoms with E-state index in [1.165, 1.54) is 32.4 Å². The number of hydrogen-bond acceptors (Lipinski definition) is 3. The minimum Gasteiger partial charge on any atom is -0.352 e. The van der Waals surface area contributed by atoms with Crippen LogP contribution in [0.3, 0.4) is 0 Å². The highest BCUT2D eigenvalue weighted by molar-refractivity contribution is 5.82. The van der Waals surface area contributed by atoms with E-state index in [4.69, 9.17) is 0 Å². The molecule has 1 saturated heterocycles. The van der Waals surface area contributed by atoms with Crippen molar-refractivity contribution in [1.29, 1.82) is 0 Å². The number of guanidine groups is 1. The zero-order chi connectivity index (χ0) is 9.97. The smallest absolute Gasteiger partial charge is 0.194 e. The molecule has 2 atom stereocenters. The molecule has 80 valence electrons. The third-order valence-electron chi connectivity index (χ3n) is 3.29. The van der Waals surface area contributed by atoms with Crippen LogP contribution in [-0.2, 0) is 0 Å². The quantitative estimate of drug-likeness (QED) is 0.686.